The fourth-order valence-electron chi connectivity index (χ4n) is 2.15. The molecule has 2 aromatic heterocycles. The zero-order valence-corrected chi connectivity index (χ0v) is 12.2. The van der Waals surface area contributed by atoms with Crippen LogP contribution in [0.5, 0.6) is 0 Å². The molecule has 0 saturated heterocycles. The van der Waals surface area contributed by atoms with Crippen LogP contribution in [-0.4, -0.2) is 21.7 Å². The second-order valence-corrected chi connectivity index (χ2v) is 5.01. The molecule has 21 heavy (non-hydrogen) atoms. The van der Waals surface area contributed by atoms with Crippen molar-refractivity contribution in [1.29, 1.82) is 0 Å². The Morgan fingerprint density at radius 1 is 1.14 bits per heavy atom. The molecule has 1 unspecified atom stereocenters. The highest BCUT2D eigenvalue weighted by Crippen LogP contribution is 2.21. The molecule has 3 rings (SSSR count). The highest BCUT2D eigenvalue weighted by Gasteiger charge is 2.15. The van der Waals surface area contributed by atoms with Crippen LogP contribution in [-0.2, 0) is 0 Å². The summed E-state index contributed by atoms with van der Waals surface area (Å²) in [6.07, 6.45) is 1.07. The van der Waals surface area contributed by atoms with E-state index in [9.17, 15) is 0 Å². The first kappa shape index (κ1) is 13.7. The van der Waals surface area contributed by atoms with Crippen LogP contribution >= 0.6 is 0 Å². The van der Waals surface area contributed by atoms with Crippen molar-refractivity contribution in [3.8, 4) is 11.6 Å². The number of aromatic nitrogens is 3. The van der Waals surface area contributed by atoms with Crippen LogP contribution in [0.4, 0.5) is 0 Å². The van der Waals surface area contributed by atoms with Crippen molar-refractivity contribution in [2.75, 3.05) is 6.54 Å². The summed E-state index contributed by atoms with van der Waals surface area (Å²) < 4.78 is 5.73. The molecule has 108 valence electrons. The van der Waals surface area contributed by atoms with Crippen molar-refractivity contribution in [2.24, 2.45) is 0 Å². The van der Waals surface area contributed by atoms with E-state index in [0.717, 1.165) is 23.9 Å². The molecule has 0 aliphatic carbocycles. The van der Waals surface area contributed by atoms with E-state index in [2.05, 4.69) is 27.4 Å². The van der Waals surface area contributed by atoms with Gasteiger partial charge in [0.05, 0.1) is 11.6 Å². The van der Waals surface area contributed by atoms with Crippen LogP contribution in [0.1, 0.15) is 32.2 Å². The molecule has 0 aliphatic rings. The first-order valence-electron chi connectivity index (χ1n) is 7.21. The van der Waals surface area contributed by atoms with Crippen LogP contribution in [0.3, 0.4) is 0 Å². The SMILES string of the molecule is CCCNC(C)c1nnc(-c2ccc3ccccc3n2)o1. The normalized spacial score (nSPS) is 12.7. The maximum Gasteiger partial charge on any atom is 0.266 e. The molecule has 2 heterocycles. The predicted octanol–water partition coefficient (Wildman–Crippen LogP) is 3.35. The Balaban J connectivity index is 1.87. The van der Waals surface area contributed by atoms with Crippen LogP contribution in [0.2, 0.25) is 0 Å². The Morgan fingerprint density at radius 2 is 2.00 bits per heavy atom. The van der Waals surface area contributed by atoms with Crippen LogP contribution in [0, 0.1) is 0 Å². The van der Waals surface area contributed by atoms with Gasteiger partial charge in [-0.05, 0) is 32.0 Å². The minimum Gasteiger partial charge on any atom is -0.418 e. The van der Waals surface area contributed by atoms with Gasteiger partial charge in [0.1, 0.15) is 5.69 Å². The van der Waals surface area contributed by atoms with E-state index in [1.165, 1.54) is 0 Å². The van der Waals surface area contributed by atoms with Crippen molar-refractivity contribution in [2.45, 2.75) is 26.3 Å². The number of nitrogens with one attached hydrogen (secondary N) is 1. The third-order valence-electron chi connectivity index (χ3n) is 3.33. The Bertz CT molecular complexity index is 738. The number of benzene rings is 1. The molecule has 0 amide bonds. The van der Waals surface area contributed by atoms with Gasteiger partial charge in [-0.2, -0.15) is 0 Å². The summed E-state index contributed by atoms with van der Waals surface area (Å²) in [7, 11) is 0. The molecular formula is C16H18N4O. The van der Waals surface area contributed by atoms with E-state index in [1.807, 2.05) is 43.3 Å². The zero-order valence-electron chi connectivity index (χ0n) is 12.2. The van der Waals surface area contributed by atoms with E-state index in [1.54, 1.807) is 0 Å². The van der Waals surface area contributed by atoms with Gasteiger partial charge in [0.25, 0.3) is 5.89 Å². The average molecular weight is 282 g/mol. The topological polar surface area (TPSA) is 63.8 Å². The lowest BCUT2D eigenvalue weighted by Crippen LogP contribution is -2.19. The fraction of sp³-hybridized carbons (Fsp3) is 0.312. The molecule has 0 spiro atoms. The number of pyridine rings is 1. The lowest BCUT2D eigenvalue weighted by Gasteiger charge is -2.07. The van der Waals surface area contributed by atoms with E-state index < -0.39 is 0 Å². The Kier molecular flexibility index (Phi) is 3.92. The fourth-order valence-corrected chi connectivity index (χ4v) is 2.15. The molecule has 0 saturated carbocycles. The summed E-state index contributed by atoms with van der Waals surface area (Å²) in [5, 5.41) is 12.6. The number of fused-ring (bicyclic) bond motifs is 1. The van der Waals surface area contributed by atoms with E-state index >= 15 is 0 Å². The highest BCUT2D eigenvalue weighted by molar-refractivity contribution is 5.80. The van der Waals surface area contributed by atoms with Gasteiger partial charge in [-0.3, -0.25) is 0 Å². The van der Waals surface area contributed by atoms with Crippen LogP contribution in [0.25, 0.3) is 22.5 Å². The minimum absolute atomic E-state index is 0.0478. The lowest BCUT2D eigenvalue weighted by molar-refractivity contribution is 0.422. The van der Waals surface area contributed by atoms with Gasteiger partial charge in [-0.1, -0.05) is 31.2 Å². The molecule has 0 fully saturated rings. The molecule has 3 aromatic rings. The smallest absolute Gasteiger partial charge is 0.266 e. The van der Waals surface area contributed by atoms with Gasteiger partial charge < -0.3 is 9.73 Å². The van der Waals surface area contributed by atoms with Crippen LogP contribution in [0.15, 0.2) is 40.8 Å². The van der Waals surface area contributed by atoms with Crippen LogP contribution < -0.4 is 5.32 Å². The largest absolute Gasteiger partial charge is 0.418 e. The highest BCUT2D eigenvalue weighted by atomic mass is 16.4. The monoisotopic (exact) mass is 282 g/mol. The summed E-state index contributed by atoms with van der Waals surface area (Å²) >= 11 is 0. The second-order valence-electron chi connectivity index (χ2n) is 5.01. The Hall–Kier alpha value is -2.27. The number of hydrogen-bond acceptors (Lipinski definition) is 5. The summed E-state index contributed by atoms with van der Waals surface area (Å²) in [4.78, 5) is 4.56. The number of nitrogens with zero attached hydrogens (tertiary/aromatic N) is 3. The molecule has 5 heteroatoms. The first-order chi connectivity index (χ1) is 10.3. The molecular weight excluding hydrogens is 264 g/mol. The molecule has 1 aromatic carbocycles. The number of hydrogen-bond donors (Lipinski definition) is 1. The zero-order chi connectivity index (χ0) is 14.7. The van der Waals surface area contributed by atoms with E-state index in [0.29, 0.717) is 17.5 Å². The quantitative estimate of drug-likeness (QED) is 0.777. The van der Waals surface area contributed by atoms with Gasteiger partial charge in [0, 0.05) is 5.39 Å². The van der Waals surface area contributed by atoms with Crippen molar-refractivity contribution in [3.05, 3.63) is 42.3 Å². The summed E-state index contributed by atoms with van der Waals surface area (Å²) in [5.41, 5.74) is 1.63. The standard InChI is InChI=1S/C16H18N4O/c1-3-10-17-11(2)15-19-20-16(21-15)14-9-8-12-6-4-5-7-13(12)18-14/h4-9,11,17H,3,10H2,1-2H3. The van der Waals surface area contributed by atoms with Crippen molar-refractivity contribution < 1.29 is 4.42 Å². The molecule has 0 bridgehead atoms. The van der Waals surface area contributed by atoms with Gasteiger partial charge in [-0.25, -0.2) is 4.98 Å². The molecule has 1 N–H and O–H groups in total. The first-order valence-corrected chi connectivity index (χ1v) is 7.21. The van der Waals surface area contributed by atoms with Gasteiger partial charge >= 0.3 is 0 Å². The lowest BCUT2D eigenvalue weighted by atomic mass is 10.2. The Labute approximate surface area is 123 Å². The third kappa shape index (κ3) is 2.92. The minimum atomic E-state index is 0.0478. The van der Waals surface area contributed by atoms with E-state index in [4.69, 9.17) is 4.42 Å². The van der Waals surface area contributed by atoms with Crippen molar-refractivity contribution >= 4 is 10.9 Å². The molecule has 1 atom stereocenters. The number of para-hydroxylation sites is 1. The number of rotatable bonds is 5. The summed E-state index contributed by atoms with van der Waals surface area (Å²) in [6.45, 7) is 5.06. The van der Waals surface area contributed by atoms with Gasteiger partial charge in [-0.15, -0.1) is 10.2 Å². The van der Waals surface area contributed by atoms with E-state index in [-0.39, 0.29) is 6.04 Å². The maximum absolute atomic E-state index is 5.73. The third-order valence-corrected chi connectivity index (χ3v) is 3.33. The van der Waals surface area contributed by atoms with Crippen molar-refractivity contribution in [1.82, 2.24) is 20.5 Å². The maximum atomic E-state index is 5.73. The predicted molar refractivity (Wildman–Crippen MR) is 81.7 cm³/mol. The van der Waals surface area contributed by atoms with Crippen molar-refractivity contribution in [3.63, 3.8) is 0 Å². The van der Waals surface area contributed by atoms with Gasteiger partial charge in [0.15, 0.2) is 0 Å². The second kappa shape index (κ2) is 6.01. The molecule has 5 nitrogen and oxygen atoms in total. The molecule has 0 radical (unpaired) electrons. The molecule has 0 aliphatic heterocycles. The average Bonchev–Trinajstić information content (AvgIpc) is 3.02. The van der Waals surface area contributed by atoms with Gasteiger partial charge in [0.2, 0.25) is 5.89 Å². The summed E-state index contributed by atoms with van der Waals surface area (Å²) in [6, 6.07) is 11.9. The summed E-state index contributed by atoms with van der Waals surface area (Å²) in [5.74, 6) is 1.05. The Morgan fingerprint density at radius 3 is 2.86 bits per heavy atom.